The largest absolute Gasteiger partial charge is 0.451 e. The van der Waals surface area contributed by atoms with E-state index in [0.29, 0.717) is 10.2 Å². The highest BCUT2D eigenvalue weighted by atomic mass is 79.9. The lowest BCUT2D eigenvalue weighted by Crippen LogP contribution is -1.92. The van der Waals surface area contributed by atoms with Crippen LogP contribution in [0.25, 0.3) is 10.9 Å². The zero-order chi connectivity index (χ0) is 13.4. The van der Waals surface area contributed by atoms with E-state index in [1.807, 2.05) is 19.1 Å². The lowest BCUT2D eigenvalue weighted by Gasteiger charge is -2.09. The smallest absolute Gasteiger partial charge is 0.178 e. The number of H-pyrrole nitrogens is 1. The van der Waals surface area contributed by atoms with Gasteiger partial charge >= 0.3 is 0 Å². The summed E-state index contributed by atoms with van der Waals surface area (Å²) in [6.07, 6.45) is 3.33. The first kappa shape index (κ1) is 12.2. The molecule has 3 rings (SSSR count). The van der Waals surface area contributed by atoms with Gasteiger partial charge in [0.15, 0.2) is 11.6 Å². The maximum atomic E-state index is 14.0. The van der Waals surface area contributed by atoms with Crippen LogP contribution in [0.3, 0.4) is 0 Å². The highest BCUT2D eigenvalue weighted by molar-refractivity contribution is 9.10. The number of rotatable bonds is 2. The summed E-state index contributed by atoms with van der Waals surface area (Å²) in [5.74, 6) is 0.236. The molecule has 0 atom stereocenters. The molecule has 2 heterocycles. The number of hydrogen-bond donors (Lipinski definition) is 1. The lowest BCUT2D eigenvalue weighted by atomic mass is 10.2. The summed E-state index contributed by atoms with van der Waals surface area (Å²) in [5, 5.41) is 0.872. The Labute approximate surface area is 117 Å². The predicted octanol–water partition coefficient (Wildman–Crippen LogP) is 4.57. The van der Waals surface area contributed by atoms with Gasteiger partial charge in [-0.3, -0.25) is 4.98 Å². The third kappa shape index (κ3) is 2.21. The molecule has 0 fully saturated rings. The van der Waals surface area contributed by atoms with Gasteiger partial charge < -0.3 is 9.72 Å². The third-order valence-corrected chi connectivity index (χ3v) is 3.59. The number of nitrogens with zero attached hydrogens (tertiary/aromatic N) is 1. The van der Waals surface area contributed by atoms with E-state index in [0.717, 1.165) is 16.6 Å². The van der Waals surface area contributed by atoms with Gasteiger partial charge in [0.05, 0.1) is 10.7 Å². The van der Waals surface area contributed by atoms with E-state index in [1.54, 1.807) is 18.5 Å². The number of hydrogen-bond acceptors (Lipinski definition) is 2. The minimum atomic E-state index is -0.428. The van der Waals surface area contributed by atoms with Crippen LogP contribution in [-0.4, -0.2) is 9.97 Å². The van der Waals surface area contributed by atoms with E-state index < -0.39 is 5.82 Å². The first-order valence-corrected chi connectivity index (χ1v) is 6.50. The molecule has 3 nitrogen and oxygen atoms in total. The summed E-state index contributed by atoms with van der Waals surface area (Å²) in [5.41, 5.74) is 1.60. The summed E-state index contributed by atoms with van der Waals surface area (Å²) in [4.78, 5) is 7.08. The molecule has 0 amide bonds. The molecule has 1 N–H and O–H groups in total. The van der Waals surface area contributed by atoms with Crippen LogP contribution in [0.15, 0.2) is 41.1 Å². The van der Waals surface area contributed by atoms with Crippen molar-refractivity contribution in [2.24, 2.45) is 0 Å². The number of halogens is 2. The van der Waals surface area contributed by atoms with Crippen molar-refractivity contribution < 1.29 is 9.13 Å². The van der Waals surface area contributed by atoms with E-state index in [9.17, 15) is 4.39 Å². The van der Waals surface area contributed by atoms with E-state index in [4.69, 9.17) is 4.74 Å². The average Bonchev–Trinajstić information content (AvgIpc) is 2.85. The topological polar surface area (TPSA) is 37.9 Å². The van der Waals surface area contributed by atoms with Crippen LogP contribution in [0.4, 0.5) is 4.39 Å². The molecule has 0 unspecified atom stereocenters. The fraction of sp³-hybridized carbons (Fsp3) is 0.0714. The standard InChI is InChI=1S/C14H10BrFN2O/c1-8-2-3-9(7-18-8)19-14-11(16)6-12-10(13(14)15)4-5-17-12/h2-7,17H,1H3. The van der Waals surface area contributed by atoms with Gasteiger partial charge in [-0.2, -0.15) is 0 Å². The molecule has 1 aromatic carbocycles. The predicted molar refractivity (Wildman–Crippen MR) is 75.0 cm³/mol. The van der Waals surface area contributed by atoms with Crippen LogP contribution in [0, 0.1) is 12.7 Å². The minimum absolute atomic E-state index is 0.165. The fourth-order valence-corrected chi connectivity index (χ4v) is 2.45. The molecule has 0 radical (unpaired) electrons. The zero-order valence-electron chi connectivity index (χ0n) is 10.1. The average molecular weight is 321 g/mol. The number of pyridine rings is 1. The van der Waals surface area contributed by atoms with Gasteiger partial charge in [-0.1, -0.05) is 0 Å². The van der Waals surface area contributed by atoms with Gasteiger partial charge in [0.25, 0.3) is 0 Å². The van der Waals surface area contributed by atoms with Gasteiger partial charge in [-0.05, 0) is 41.1 Å². The summed E-state index contributed by atoms with van der Waals surface area (Å²) >= 11 is 3.38. The molecule has 96 valence electrons. The maximum absolute atomic E-state index is 14.0. The van der Waals surface area contributed by atoms with Crippen molar-refractivity contribution in [1.82, 2.24) is 9.97 Å². The van der Waals surface area contributed by atoms with E-state index in [2.05, 4.69) is 25.9 Å². The summed E-state index contributed by atoms with van der Waals surface area (Å²) in [6.45, 7) is 1.88. The monoisotopic (exact) mass is 320 g/mol. The van der Waals surface area contributed by atoms with Crippen molar-refractivity contribution in [3.63, 3.8) is 0 Å². The highest BCUT2D eigenvalue weighted by Gasteiger charge is 2.14. The number of aromatic amines is 1. The number of nitrogens with one attached hydrogen (secondary N) is 1. The number of fused-ring (bicyclic) bond motifs is 1. The van der Waals surface area contributed by atoms with Crippen molar-refractivity contribution in [1.29, 1.82) is 0 Å². The van der Waals surface area contributed by atoms with Crippen LogP contribution in [0.1, 0.15) is 5.69 Å². The number of aromatic nitrogens is 2. The normalized spacial score (nSPS) is 10.9. The molecule has 0 aliphatic rings. The third-order valence-electron chi connectivity index (χ3n) is 2.81. The first-order valence-electron chi connectivity index (χ1n) is 5.71. The molecular formula is C14H10BrFN2O. The van der Waals surface area contributed by atoms with Crippen molar-refractivity contribution in [3.05, 3.63) is 52.6 Å². The van der Waals surface area contributed by atoms with E-state index in [1.165, 1.54) is 6.07 Å². The lowest BCUT2D eigenvalue weighted by molar-refractivity contribution is 0.438. The van der Waals surface area contributed by atoms with Gasteiger partial charge in [0.1, 0.15) is 5.75 Å². The quantitative estimate of drug-likeness (QED) is 0.751. The maximum Gasteiger partial charge on any atom is 0.178 e. The SMILES string of the molecule is Cc1ccc(Oc2c(F)cc3[nH]ccc3c2Br)cn1. The Morgan fingerprint density at radius 3 is 2.89 bits per heavy atom. The number of aryl methyl sites for hydroxylation is 1. The second kappa shape index (κ2) is 4.66. The Hall–Kier alpha value is -1.88. The molecule has 0 aliphatic heterocycles. The van der Waals surface area contributed by atoms with Crippen LogP contribution < -0.4 is 4.74 Å². The molecule has 2 aromatic heterocycles. The van der Waals surface area contributed by atoms with Crippen LogP contribution >= 0.6 is 15.9 Å². The van der Waals surface area contributed by atoms with Crippen molar-refractivity contribution in [2.75, 3.05) is 0 Å². The second-order valence-corrected chi connectivity index (χ2v) is 4.97. The molecule has 0 aliphatic carbocycles. The highest BCUT2D eigenvalue weighted by Crippen LogP contribution is 2.37. The molecule has 5 heteroatoms. The van der Waals surface area contributed by atoms with Gasteiger partial charge in [-0.15, -0.1) is 0 Å². The summed E-state index contributed by atoms with van der Waals surface area (Å²) in [6, 6.07) is 6.85. The van der Waals surface area contributed by atoms with Crippen molar-refractivity contribution in [2.45, 2.75) is 6.92 Å². The molecule has 3 aromatic rings. The van der Waals surface area contributed by atoms with Gasteiger partial charge in [0.2, 0.25) is 0 Å². The Kier molecular flexibility index (Phi) is 2.98. The van der Waals surface area contributed by atoms with Crippen LogP contribution in [0.5, 0.6) is 11.5 Å². The molecule has 0 bridgehead atoms. The Bertz CT molecular complexity index is 737. The molecule has 0 saturated heterocycles. The number of benzene rings is 1. The number of ether oxygens (including phenoxy) is 1. The van der Waals surface area contributed by atoms with E-state index in [-0.39, 0.29) is 5.75 Å². The van der Waals surface area contributed by atoms with Crippen molar-refractivity contribution in [3.8, 4) is 11.5 Å². The summed E-state index contributed by atoms with van der Waals surface area (Å²) < 4.78 is 20.2. The fourth-order valence-electron chi connectivity index (χ4n) is 1.84. The Balaban J connectivity index is 2.06. The van der Waals surface area contributed by atoms with E-state index >= 15 is 0 Å². The second-order valence-electron chi connectivity index (χ2n) is 4.18. The molecule has 0 spiro atoms. The Morgan fingerprint density at radius 1 is 1.32 bits per heavy atom. The van der Waals surface area contributed by atoms with Crippen LogP contribution in [-0.2, 0) is 0 Å². The zero-order valence-corrected chi connectivity index (χ0v) is 11.7. The Morgan fingerprint density at radius 2 is 2.16 bits per heavy atom. The molecule has 0 saturated carbocycles. The summed E-state index contributed by atoms with van der Waals surface area (Å²) in [7, 11) is 0. The van der Waals surface area contributed by atoms with Gasteiger partial charge in [-0.25, -0.2) is 4.39 Å². The van der Waals surface area contributed by atoms with Crippen molar-refractivity contribution >= 4 is 26.8 Å². The molecular weight excluding hydrogens is 311 g/mol. The minimum Gasteiger partial charge on any atom is -0.451 e. The van der Waals surface area contributed by atoms with Gasteiger partial charge in [0, 0.05) is 28.9 Å². The van der Waals surface area contributed by atoms with Crippen LogP contribution in [0.2, 0.25) is 0 Å². The molecule has 19 heavy (non-hydrogen) atoms. The first-order chi connectivity index (χ1) is 9.15.